The predicted octanol–water partition coefficient (Wildman–Crippen LogP) is 4.43. The van der Waals surface area contributed by atoms with E-state index in [0.717, 1.165) is 5.56 Å². The second-order valence-electron chi connectivity index (χ2n) is 6.86. The number of aromatic nitrogens is 2. The molecular weight excluding hydrogens is 463 g/mol. The summed E-state index contributed by atoms with van der Waals surface area (Å²) >= 11 is 18.3. The van der Waals surface area contributed by atoms with Crippen LogP contribution in [0.2, 0.25) is 15.1 Å². The minimum absolute atomic E-state index is 0.198. The first-order valence-corrected chi connectivity index (χ1v) is 10.4. The maximum Gasteiger partial charge on any atom is 0.281 e. The molecule has 0 bridgehead atoms. The Morgan fingerprint density at radius 2 is 2.00 bits per heavy atom. The minimum atomic E-state index is -0.389. The van der Waals surface area contributed by atoms with Crippen LogP contribution in [0.4, 0.5) is 0 Å². The molecule has 1 atom stereocenters. The number of aryl methyl sites for hydroxylation is 1. The summed E-state index contributed by atoms with van der Waals surface area (Å²) in [5.41, 5.74) is 3.42. The van der Waals surface area contributed by atoms with E-state index in [1.54, 1.807) is 43.4 Å². The van der Waals surface area contributed by atoms with Crippen molar-refractivity contribution in [1.29, 1.82) is 0 Å². The van der Waals surface area contributed by atoms with E-state index in [4.69, 9.17) is 44.4 Å². The van der Waals surface area contributed by atoms with Crippen molar-refractivity contribution in [2.45, 2.75) is 12.5 Å². The number of aliphatic imine (C=N–C) groups is 1. The highest BCUT2D eigenvalue weighted by atomic mass is 35.5. The number of benzene rings is 2. The van der Waals surface area contributed by atoms with E-state index in [1.165, 1.54) is 10.9 Å². The van der Waals surface area contributed by atoms with Gasteiger partial charge in [-0.2, -0.15) is 5.10 Å². The van der Waals surface area contributed by atoms with Crippen LogP contribution in [0.3, 0.4) is 0 Å². The highest BCUT2D eigenvalue weighted by molar-refractivity contribution is 6.35. The Morgan fingerprint density at radius 3 is 2.77 bits per heavy atom. The maximum atomic E-state index is 12.9. The molecule has 1 N–H and O–H groups in total. The van der Waals surface area contributed by atoms with Crippen molar-refractivity contribution < 1.29 is 9.57 Å². The zero-order valence-electron chi connectivity index (χ0n) is 16.3. The van der Waals surface area contributed by atoms with Crippen molar-refractivity contribution in [1.82, 2.24) is 15.3 Å². The van der Waals surface area contributed by atoms with Gasteiger partial charge < -0.3 is 4.74 Å². The number of amidine groups is 1. The van der Waals surface area contributed by atoms with E-state index in [1.807, 2.05) is 6.07 Å². The summed E-state index contributed by atoms with van der Waals surface area (Å²) in [7, 11) is 1.55. The van der Waals surface area contributed by atoms with Crippen LogP contribution in [0, 0.1) is 0 Å². The fourth-order valence-corrected chi connectivity index (χ4v) is 3.76. The predicted molar refractivity (Wildman–Crippen MR) is 121 cm³/mol. The van der Waals surface area contributed by atoms with Gasteiger partial charge in [0.05, 0.1) is 18.8 Å². The molecule has 3 aromatic rings. The number of hydrogen-bond donors (Lipinski definition) is 1. The molecule has 0 saturated carbocycles. The molecule has 0 aliphatic carbocycles. The standard InChI is InChI=1S/C21H17Cl3N4O3/c1-28-21(29)19(18(10-25-28)31-16-4-2-3-13(22)8-16)20-26-15(11-30-27-20)7-12-5-6-14(23)9-17(12)24/h2-6,8-10,15H,7,11H2,1H3,(H,26,27). The number of hydroxylamine groups is 1. The van der Waals surface area contributed by atoms with E-state index in [9.17, 15) is 4.79 Å². The van der Waals surface area contributed by atoms with Crippen LogP contribution >= 0.6 is 34.8 Å². The molecule has 0 radical (unpaired) electrons. The van der Waals surface area contributed by atoms with Crippen molar-refractivity contribution in [2.24, 2.45) is 12.0 Å². The summed E-state index contributed by atoms with van der Waals surface area (Å²) in [4.78, 5) is 23.1. The molecule has 7 nitrogen and oxygen atoms in total. The number of halogens is 3. The Kier molecular flexibility index (Phi) is 6.48. The zero-order valence-corrected chi connectivity index (χ0v) is 18.6. The summed E-state index contributed by atoms with van der Waals surface area (Å²) in [6, 6.07) is 11.9. The van der Waals surface area contributed by atoms with E-state index >= 15 is 0 Å². The summed E-state index contributed by atoms with van der Waals surface area (Å²) in [5, 5.41) is 5.67. The Balaban J connectivity index is 1.68. The molecule has 2 heterocycles. The lowest BCUT2D eigenvalue weighted by atomic mass is 10.1. The third-order valence-electron chi connectivity index (χ3n) is 4.59. The smallest absolute Gasteiger partial charge is 0.281 e. The summed E-state index contributed by atoms with van der Waals surface area (Å²) in [6.07, 6.45) is 1.96. The largest absolute Gasteiger partial charge is 0.455 e. The Morgan fingerprint density at radius 1 is 1.19 bits per heavy atom. The second kappa shape index (κ2) is 9.28. The van der Waals surface area contributed by atoms with Gasteiger partial charge in [-0.3, -0.25) is 14.6 Å². The number of hydrogen-bond acceptors (Lipinski definition) is 6. The molecule has 1 unspecified atom stereocenters. The zero-order chi connectivity index (χ0) is 22.0. The van der Waals surface area contributed by atoms with Gasteiger partial charge in [0, 0.05) is 22.1 Å². The van der Waals surface area contributed by atoms with E-state index in [-0.39, 0.29) is 28.7 Å². The summed E-state index contributed by atoms with van der Waals surface area (Å²) in [5.74, 6) is 0.942. The third kappa shape index (κ3) is 5.02. The molecule has 10 heteroatoms. The second-order valence-corrected chi connectivity index (χ2v) is 8.14. The average molecular weight is 480 g/mol. The normalized spacial score (nSPS) is 15.9. The highest BCUT2D eigenvalue weighted by Gasteiger charge is 2.24. The van der Waals surface area contributed by atoms with Gasteiger partial charge >= 0.3 is 0 Å². The average Bonchev–Trinajstić information content (AvgIpc) is 2.73. The quantitative estimate of drug-likeness (QED) is 0.586. The molecule has 1 aliphatic rings. The van der Waals surface area contributed by atoms with Crippen LogP contribution in [-0.4, -0.2) is 28.3 Å². The van der Waals surface area contributed by atoms with Crippen LogP contribution < -0.4 is 15.8 Å². The molecular formula is C21H17Cl3N4O3. The minimum Gasteiger partial charge on any atom is -0.455 e. The van der Waals surface area contributed by atoms with Crippen LogP contribution in [0.15, 0.2) is 58.4 Å². The molecule has 0 saturated heterocycles. The molecule has 0 amide bonds. The Bertz CT molecular complexity index is 1210. The number of nitrogens with zero attached hydrogens (tertiary/aromatic N) is 3. The molecule has 1 aliphatic heterocycles. The molecule has 160 valence electrons. The van der Waals surface area contributed by atoms with Gasteiger partial charge in [0.1, 0.15) is 11.3 Å². The Labute approximate surface area is 193 Å². The maximum absolute atomic E-state index is 12.9. The number of rotatable bonds is 5. The lowest BCUT2D eigenvalue weighted by Crippen LogP contribution is -2.40. The van der Waals surface area contributed by atoms with E-state index in [2.05, 4.69) is 15.6 Å². The van der Waals surface area contributed by atoms with Crippen LogP contribution in [0.25, 0.3) is 0 Å². The molecule has 4 rings (SSSR count). The van der Waals surface area contributed by atoms with Crippen molar-refractivity contribution in [3.05, 3.63) is 85.2 Å². The molecule has 0 fully saturated rings. The van der Waals surface area contributed by atoms with Gasteiger partial charge in [-0.1, -0.05) is 46.9 Å². The van der Waals surface area contributed by atoms with Gasteiger partial charge in [0.2, 0.25) is 0 Å². The first-order valence-electron chi connectivity index (χ1n) is 9.30. The monoisotopic (exact) mass is 478 g/mol. The Hall–Kier alpha value is -2.58. The molecule has 1 aromatic heterocycles. The van der Waals surface area contributed by atoms with Crippen molar-refractivity contribution in [3.8, 4) is 11.5 Å². The van der Waals surface area contributed by atoms with Crippen molar-refractivity contribution in [2.75, 3.05) is 6.61 Å². The fourth-order valence-electron chi connectivity index (χ4n) is 3.09. The van der Waals surface area contributed by atoms with Crippen LogP contribution in [0.5, 0.6) is 11.5 Å². The van der Waals surface area contributed by atoms with Crippen molar-refractivity contribution in [3.63, 3.8) is 0 Å². The summed E-state index contributed by atoms with van der Waals surface area (Å²) < 4.78 is 7.09. The first-order chi connectivity index (χ1) is 14.9. The van der Waals surface area contributed by atoms with Crippen molar-refractivity contribution >= 4 is 40.6 Å². The van der Waals surface area contributed by atoms with Gasteiger partial charge in [0.15, 0.2) is 11.6 Å². The fraction of sp³-hybridized carbons (Fsp3) is 0.190. The van der Waals surface area contributed by atoms with Crippen LogP contribution in [-0.2, 0) is 18.3 Å². The van der Waals surface area contributed by atoms with E-state index in [0.29, 0.717) is 33.8 Å². The highest BCUT2D eigenvalue weighted by Crippen LogP contribution is 2.27. The van der Waals surface area contributed by atoms with E-state index < -0.39 is 0 Å². The number of nitrogens with one attached hydrogen (secondary N) is 1. The van der Waals surface area contributed by atoms with Gasteiger partial charge in [-0.15, -0.1) is 0 Å². The molecule has 0 spiro atoms. The molecule has 2 aromatic carbocycles. The van der Waals surface area contributed by atoms with Crippen LogP contribution in [0.1, 0.15) is 11.1 Å². The topological polar surface area (TPSA) is 77.7 Å². The summed E-state index contributed by atoms with van der Waals surface area (Å²) in [6.45, 7) is 0.304. The van der Waals surface area contributed by atoms with Gasteiger partial charge in [-0.05, 0) is 42.3 Å². The SMILES string of the molecule is Cn1ncc(Oc2cccc(Cl)c2)c(C2=NC(Cc3ccc(Cl)cc3Cl)CON2)c1=O. The molecule has 31 heavy (non-hydrogen) atoms. The van der Waals surface area contributed by atoms with Gasteiger partial charge in [0.25, 0.3) is 5.56 Å². The third-order valence-corrected chi connectivity index (χ3v) is 5.41. The lowest BCUT2D eigenvalue weighted by Gasteiger charge is -2.23. The number of ether oxygens (including phenoxy) is 1. The first kappa shape index (κ1) is 21.6. The lowest BCUT2D eigenvalue weighted by molar-refractivity contribution is 0.0622. The van der Waals surface area contributed by atoms with Gasteiger partial charge in [-0.25, -0.2) is 10.2 Å².